The molecule has 48 heavy (non-hydrogen) atoms. The summed E-state index contributed by atoms with van der Waals surface area (Å²) in [5.74, 6) is -0.259. The summed E-state index contributed by atoms with van der Waals surface area (Å²) in [6.45, 7) is 3.18. The van der Waals surface area contributed by atoms with Crippen LogP contribution in [0.4, 0.5) is 4.79 Å². The number of rotatable bonds is 18. The highest BCUT2D eigenvalue weighted by atomic mass is 35.5. The molecule has 0 spiro atoms. The smallest absolute Gasteiger partial charge is 0.326 e. The maximum atomic E-state index is 12.3. The lowest BCUT2D eigenvalue weighted by molar-refractivity contribution is -0.139. The number of unbranched alkanes of at least 4 members (excludes halogenated alkanes) is 1. The maximum absolute atomic E-state index is 12.3. The first-order valence-corrected chi connectivity index (χ1v) is 17.0. The number of aliphatic imine (C=N–C) groups is 1. The van der Waals surface area contributed by atoms with Crippen LogP contribution >= 0.6 is 11.6 Å². The number of aliphatic carboxylic acids is 1. The van der Waals surface area contributed by atoms with Crippen molar-refractivity contribution >= 4 is 29.6 Å². The Balaban J connectivity index is 1.11. The topological polar surface area (TPSA) is 174 Å². The van der Waals surface area contributed by atoms with Crippen molar-refractivity contribution in [1.29, 1.82) is 0 Å². The van der Waals surface area contributed by atoms with E-state index in [9.17, 15) is 14.7 Å². The molecule has 3 aromatic rings. The second-order valence-electron chi connectivity index (χ2n) is 12.6. The lowest BCUT2D eigenvalue weighted by Crippen LogP contribution is -2.46. The Morgan fingerprint density at radius 2 is 1.90 bits per heavy atom. The van der Waals surface area contributed by atoms with Gasteiger partial charge in [-0.1, -0.05) is 35.9 Å². The van der Waals surface area contributed by atoms with Crippen LogP contribution in [0.1, 0.15) is 73.6 Å². The molecule has 2 amide bonds. The number of carbonyl (C=O) groups excluding carboxylic acids is 1. The van der Waals surface area contributed by atoms with Gasteiger partial charge in [-0.3, -0.25) is 9.98 Å². The first-order chi connectivity index (χ1) is 23.1. The Hall–Kier alpha value is -4.35. The zero-order valence-electron chi connectivity index (χ0n) is 27.3. The fraction of sp³-hybridized carbons (Fsp3) is 0.444. The number of carboxylic acid groups (broad SMARTS) is 1. The third-order valence-corrected chi connectivity index (χ3v) is 9.08. The van der Waals surface area contributed by atoms with Gasteiger partial charge >= 0.3 is 12.0 Å². The number of amides is 2. The van der Waals surface area contributed by atoms with Crippen molar-refractivity contribution < 1.29 is 24.2 Å². The van der Waals surface area contributed by atoms with Crippen LogP contribution in [0.3, 0.4) is 0 Å². The number of hydrogen-bond donors (Lipinski definition) is 5. The monoisotopic (exact) mass is 676 g/mol. The van der Waals surface area contributed by atoms with Gasteiger partial charge in [-0.25, -0.2) is 9.59 Å². The third kappa shape index (κ3) is 9.60. The summed E-state index contributed by atoms with van der Waals surface area (Å²) in [5, 5.41) is 15.3. The summed E-state index contributed by atoms with van der Waals surface area (Å²) in [4.78, 5) is 32.0. The first-order valence-electron chi connectivity index (χ1n) is 16.6. The number of pyridine rings is 1. The average Bonchev–Trinajstić information content (AvgIpc) is 4.01. The molecule has 12 heteroatoms. The molecule has 1 aromatic heterocycles. The molecule has 11 nitrogen and oxygen atoms in total. The lowest BCUT2D eigenvalue weighted by atomic mass is 9.96. The van der Waals surface area contributed by atoms with Gasteiger partial charge in [0.05, 0.1) is 18.3 Å². The maximum Gasteiger partial charge on any atom is 0.326 e. The Morgan fingerprint density at radius 1 is 1.10 bits per heavy atom. The van der Waals surface area contributed by atoms with Crippen LogP contribution in [-0.2, 0) is 28.2 Å². The van der Waals surface area contributed by atoms with E-state index in [0.717, 1.165) is 84.1 Å². The van der Waals surface area contributed by atoms with E-state index >= 15 is 0 Å². The van der Waals surface area contributed by atoms with Gasteiger partial charge in [-0.05, 0) is 105 Å². The van der Waals surface area contributed by atoms with Crippen molar-refractivity contribution in [2.24, 2.45) is 16.5 Å². The molecule has 2 aromatic carbocycles. The minimum atomic E-state index is -1.11. The molecule has 7 N–H and O–H groups in total. The number of para-hydroxylation sites is 1. The van der Waals surface area contributed by atoms with Crippen molar-refractivity contribution in [1.82, 2.24) is 15.6 Å². The second-order valence-corrected chi connectivity index (χ2v) is 13.0. The van der Waals surface area contributed by atoms with E-state index in [1.165, 1.54) is 0 Å². The molecule has 0 radical (unpaired) electrons. The molecule has 256 valence electrons. The predicted molar refractivity (Wildman–Crippen MR) is 186 cm³/mol. The lowest BCUT2D eigenvalue weighted by Gasteiger charge is -2.22. The Kier molecular flexibility index (Phi) is 11.8. The largest absolute Gasteiger partial charge is 0.490 e. The average molecular weight is 677 g/mol. The molecule has 0 saturated heterocycles. The number of guanidine groups is 1. The summed E-state index contributed by atoms with van der Waals surface area (Å²) in [6.07, 6.45) is 11.1. The number of aryl methyl sites for hydroxylation is 2. The van der Waals surface area contributed by atoms with E-state index in [0.29, 0.717) is 37.2 Å². The summed E-state index contributed by atoms with van der Waals surface area (Å²) < 4.78 is 12.9. The van der Waals surface area contributed by atoms with E-state index < -0.39 is 23.6 Å². The van der Waals surface area contributed by atoms with Crippen molar-refractivity contribution in [3.05, 3.63) is 82.1 Å². The molecule has 5 rings (SSSR count). The molecule has 1 heterocycles. The summed E-state index contributed by atoms with van der Waals surface area (Å²) in [6, 6.07) is 12.8. The van der Waals surface area contributed by atoms with Crippen LogP contribution in [0.15, 0.2) is 59.9 Å². The van der Waals surface area contributed by atoms with Crippen LogP contribution in [0.2, 0.25) is 5.02 Å². The molecular weight excluding hydrogens is 632 g/mol. The van der Waals surface area contributed by atoms with Gasteiger partial charge in [0.15, 0.2) is 5.96 Å². The van der Waals surface area contributed by atoms with Gasteiger partial charge in [-0.2, -0.15) is 0 Å². The number of carboxylic acids is 1. The number of nitrogens with two attached hydrogens (primary N) is 2. The van der Waals surface area contributed by atoms with Crippen LogP contribution in [0.25, 0.3) is 11.1 Å². The van der Waals surface area contributed by atoms with E-state index in [4.69, 9.17) is 32.5 Å². The first kappa shape index (κ1) is 35.0. The highest BCUT2D eigenvalue weighted by molar-refractivity contribution is 6.31. The second kappa shape index (κ2) is 16.2. The number of carbonyl (C=O) groups is 2. The van der Waals surface area contributed by atoms with Gasteiger partial charge in [-0.15, -0.1) is 0 Å². The summed E-state index contributed by atoms with van der Waals surface area (Å²) in [5.41, 5.74) is 16.6. The number of hydrogen-bond acceptors (Lipinski definition) is 6. The van der Waals surface area contributed by atoms with Gasteiger partial charge in [0.25, 0.3) is 0 Å². The molecule has 0 aliphatic heterocycles. The van der Waals surface area contributed by atoms with Crippen molar-refractivity contribution in [3.8, 4) is 16.9 Å². The molecule has 2 saturated carbocycles. The number of urea groups is 1. The van der Waals surface area contributed by atoms with E-state index in [1.54, 1.807) is 0 Å². The van der Waals surface area contributed by atoms with E-state index in [1.807, 2.05) is 42.7 Å². The van der Waals surface area contributed by atoms with Crippen LogP contribution in [-0.4, -0.2) is 53.3 Å². The fourth-order valence-corrected chi connectivity index (χ4v) is 5.99. The van der Waals surface area contributed by atoms with Gasteiger partial charge in [0.1, 0.15) is 11.8 Å². The SMILES string of the molecule is Cc1cc(COC2(c3cnccc3-c3ccccc3OC3CC3)CC2)c(Cl)cc1CCCCNC(=O)N[C@@H](CCCN=C(N)N)C(=O)O. The molecular formula is C36H45ClN6O5. The highest BCUT2D eigenvalue weighted by Crippen LogP contribution is 2.53. The Labute approximate surface area is 286 Å². The number of aromatic nitrogens is 1. The quantitative estimate of drug-likeness (QED) is 0.0659. The number of nitrogens with one attached hydrogen (secondary N) is 2. The zero-order valence-corrected chi connectivity index (χ0v) is 28.1. The van der Waals surface area contributed by atoms with Crippen LogP contribution in [0, 0.1) is 6.92 Å². The van der Waals surface area contributed by atoms with Gasteiger partial charge < -0.3 is 36.7 Å². The molecule has 2 aliphatic carbocycles. The van der Waals surface area contributed by atoms with Gasteiger partial charge in [0, 0.05) is 41.6 Å². The minimum Gasteiger partial charge on any atom is -0.490 e. The van der Waals surface area contributed by atoms with Crippen molar-refractivity contribution in [2.75, 3.05) is 13.1 Å². The predicted octanol–water partition coefficient (Wildman–Crippen LogP) is 5.59. The number of ether oxygens (including phenoxy) is 2. The zero-order chi connectivity index (χ0) is 34.1. The van der Waals surface area contributed by atoms with E-state index in [2.05, 4.69) is 39.7 Å². The minimum absolute atomic E-state index is 0.0513. The fourth-order valence-electron chi connectivity index (χ4n) is 5.75. The molecule has 2 aliphatic rings. The van der Waals surface area contributed by atoms with Crippen molar-refractivity contribution in [2.45, 2.75) is 89.1 Å². The molecule has 0 bridgehead atoms. The Morgan fingerprint density at radius 3 is 2.62 bits per heavy atom. The third-order valence-electron chi connectivity index (χ3n) is 8.73. The normalized spacial score (nSPS) is 15.3. The van der Waals surface area contributed by atoms with Crippen LogP contribution in [0.5, 0.6) is 5.75 Å². The number of nitrogens with zero attached hydrogens (tertiary/aromatic N) is 2. The number of benzene rings is 2. The summed E-state index contributed by atoms with van der Waals surface area (Å²) in [7, 11) is 0. The molecule has 2 fully saturated rings. The standard InChI is InChI=1S/C36H45ClN6O5/c1-23-19-25(30(37)20-24(23)7-4-5-16-42-35(46)43-31(33(44)45)9-6-17-41-34(38)39)22-47-36(14-15-36)29-21-40-18-13-27(29)28-8-2-3-10-32(28)48-26-11-12-26/h2-3,8,10,13,18-21,26,31H,4-7,9,11-12,14-17,22H2,1H3,(H,44,45)(H4,38,39,41)(H2,42,43,46)/t31-/m0/s1. The molecule has 0 unspecified atom stereocenters. The van der Waals surface area contributed by atoms with E-state index in [-0.39, 0.29) is 12.4 Å². The number of halogens is 1. The Bertz CT molecular complexity index is 1620. The molecule has 1 atom stereocenters. The highest BCUT2D eigenvalue weighted by Gasteiger charge is 2.47. The van der Waals surface area contributed by atoms with Gasteiger partial charge in [0.2, 0.25) is 0 Å². The van der Waals surface area contributed by atoms with Crippen molar-refractivity contribution in [3.63, 3.8) is 0 Å². The van der Waals surface area contributed by atoms with Crippen LogP contribution < -0.4 is 26.8 Å². The summed E-state index contributed by atoms with van der Waals surface area (Å²) >= 11 is 6.77.